The van der Waals surface area contributed by atoms with Crippen LogP contribution >= 0.6 is 0 Å². The first-order valence-electron chi connectivity index (χ1n) is 9.04. The van der Waals surface area contributed by atoms with Gasteiger partial charge >= 0.3 is 0 Å². The van der Waals surface area contributed by atoms with Crippen molar-refractivity contribution in [3.05, 3.63) is 24.3 Å². The first-order chi connectivity index (χ1) is 9.67. The highest BCUT2D eigenvalue weighted by Crippen LogP contribution is 2.58. The molecule has 0 atom stereocenters. The normalized spacial score (nSPS) is 30.2. The van der Waals surface area contributed by atoms with Gasteiger partial charge in [0.2, 0.25) is 0 Å². The van der Waals surface area contributed by atoms with E-state index in [0.717, 1.165) is 0 Å². The van der Waals surface area contributed by atoms with Gasteiger partial charge in [0.15, 0.2) is 0 Å². The van der Waals surface area contributed by atoms with Crippen LogP contribution in [0.3, 0.4) is 0 Å². The van der Waals surface area contributed by atoms with Crippen molar-refractivity contribution in [1.82, 2.24) is 0 Å². The molecule has 0 aromatic carbocycles. The molecule has 112 valence electrons. The van der Waals surface area contributed by atoms with Gasteiger partial charge in [-0.3, -0.25) is 0 Å². The van der Waals surface area contributed by atoms with E-state index in [4.69, 9.17) is 0 Å². The lowest BCUT2D eigenvalue weighted by atomic mass is 9.84. The van der Waals surface area contributed by atoms with Crippen molar-refractivity contribution in [2.45, 2.75) is 89.9 Å². The number of hydrogen-bond acceptors (Lipinski definition) is 0. The maximum Gasteiger partial charge on any atom is -0.00901 e. The summed E-state index contributed by atoms with van der Waals surface area (Å²) in [5.41, 5.74) is 4.38. The fourth-order valence-electron chi connectivity index (χ4n) is 4.35. The molecule has 3 aliphatic carbocycles. The molecule has 3 aliphatic rings. The highest BCUT2D eigenvalue weighted by Gasteiger charge is 2.45. The molecule has 0 saturated heterocycles. The van der Waals surface area contributed by atoms with Gasteiger partial charge in [-0.15, -0.1) is 0 Å². The summed E-state index contributed by atoms with van der Waals surface area (Å²) in [5, 5.41) is 0. The molecule has 0 unspecified atom stereocenters. The van der Waals surface area contributed by atoms with Gasteiger partial charge in [-0.2, -0.15) is 0 Å². The molecular weight excluding hydrogens is 240 g/mol. The van der Waals surface area contributed by atoms with Crippen LogP contribution in [-0.4, -0.2) is 0 Å². The number of rotatable bonds is 0. The van der Waals surface area contributed by atoms with Crippen LogP contribution in [0.15, 0.2) is 24.3 Å². The number of allylic oxidation sites excluding steroid dienone is 2. The fourth-order valence-corrected chi connectivity index (χ4v) is 4.35. The molecule has 0 amide bonds. The van der Waals surface area contributed by atoms with Crippen molar-refractivity contribution < 1.29 is 0 Å². The second-order valence-corrected chi connectivity index (χ2v) is 7.89. The summed E-state index contributed by atoms with van der Waals surface area (Å²) in [6.45, 7) is 8.86. The van der Waals surface area contributed by atoms with Gasteiger partial charge in [0.25, 0.3) is 0 Å². The summed E-state index contributed by atoms with van der Waals surface area (Å²) < 4.78 is 0. The zero-order valence-corrected chi connectivity index (χ0v) is 13.3. The summed E-state index contributed by atoms with van der Waals surface area (Å²) in [6.07, 6.45) is 19.6. The Morgan fingerprint density at radius 3 is 1.30 bits per heavy atom. The maximum atomic E-state index is 4.43. The van der Waals surface area contributed by atoms with Crippen LogP contribution in [0.25, 0.3) is 0 Å². The van der Waals surface area contributed by atoms with Crippen LogP contribution in [0.5, 0.6) is 0 Å². The van der Waals surface area contributed by atoms with Crippen molar-refractivity contribution in [2.75, 3.05) is 0 Å². The van der Waals surface area contributed by atoms with Crippen molar-refractivity contribution >= 4 is 0 Å². The summed E-state index contributed by atoms with van der Waals surface area (Å²) in [4.78, 5) is 0. The summed E-state index contributed by atoms with van der Waals surface area (Å²) in [7, 11) is 0. The van der Waals surface area contributed by atoms with Crippen molar-refractivity contribution in [2.24, 2.45) is 10.8 Å². The lowest BCUT2D eigenvalue weighted by Crippen LogP contribution is -2.07. The highest BCUT2D eigenvalue weighted by atomic mass is 14.5. The predicted molar refractivity (Wildman–Crippen MR) is 87.8 cm³/mol. The minimum atomic E-state index is 0.602. The van der Waals surface area contributed by atoms with Crippen molar-refractivity contribution in [1.29, 1.82) is 0 Å². The Morgan fingerprint density at radius 2 is 0.900 bits per heavy atom. The van der Waals surface area contributed by atoms with Gasteiger partial charge < -0.3 is 0 Å². The molecule has 0 bridgehead atoms. The van der Waals surface area contributed by atoms with E-state index in [0.29, 0.717) is 10.8 Å². The Balaban J connectivity index is 1.55. The highest BCUT2D eigenvalue weighted by molar-refractivity contribution is 5.20. The molecule has 20 heavy (non-hydrogen) atoms. The molecular formula is C20H32. The van der Waals surface area contributed by atoms with E-state index in [1.165, 1.54) is 89.9 Å². The molecule has 0 radical (unpaired) electrons. The van der Waals surface area contributed by atoms with Crippen LogP contribution in [0.1, 0.15) is 89.9 Å². The van der Waals surface area contributed by atoms with Crippen LogP contribution in [0.4, 0.5) is 0 Å². The Kier molecular flexibility index (Phi) is 4.11. The van der Waals surface area contributed by atoms with Gasteiger partial charge in [-0.05, 0) is 75.0 Å². The third-order valence-electron chi connectivity index (χ3n) is 6.47. The Hall–Kier alpha value is -0.520. The minimum Gasteiger partial charge on any atom is -0.0993 e. The van der Waals surface area contributed by atoms with Gasteiger partial charge in [0.1, 0.15) is 0 Å². The first kappa shape index (κ1) is 14.4. The molecule has 0 aromatic heterocycles. The third kappa shape index (κ3) is 3.05. The molecule has 2 spiro atoms. The fraction of sp³-hybridized carbons (Fsp3) is 0.800. The molecule has 0 aromatic rings. The molecule has 3 rings (SSSR count). The minimum absolute atomic E-state index is 0.602. The van der Waals surface area contributed by atoms with E-state index >= 15 is 0 Å². The molecule has 0 heteroatoms. The van der Waals surface area contributed by atoms with Gasteiger partial charge in [0, 0.05) is 0 Å². The molecule has 0 aliphatic heterocycles. The second kappa shape index (κ2) is 5.70. The van der Waals surface area contributed by atoms with E-state index in [-0.39, 0.29) is 0 Å². The van der Waals surface area contributed by atoms with Crippen LogP contribution in [-0.2, 0) is 0 Å². The van der Waals surface area contributed by atoms with Crippen molar-refractivity contribution in [3.8, 4) is 0 Å². The topological polar surface area (TPSA) is 0 Å². The van der Waals surface area contributed by atoms with E-state index in [2.05, 4.69) is 13.2 Å². The maximum absolute atomic E-state index is 4.43. The van der Waals surface area contributed by atoms with Crippen molar-refractivity contribution in [3.63, 3.8) is 0 Å². The van der Waals surface area contributed by atoms with Gasteiger partial charge in [-0.25, -0.2) is 0 Å². The number of hydrogen-bond donors (Lipinski definition) is 0. The molecule has 0 N–H and O–H groups in total. The Morgan fingerprint density at radius 1 is 0.500 bits per heavy atom. The first-order valence-corrected chi connectivity index (χ1v) is 9.04. The third-order valence-corrected chi connectivity index (χ3v) is 6.47. The zero-order valence-electron chi connectivity index (χ0n) is 13.3. The molecule has 3 saturated carbocycles. The predicted octanol–water partition coefficient (Wildman–Crippen LogP) is 6.57. The van der Waals surface area contributed by atoms with Crippen LogP contribution in [0, 0.1) is 10.8 Å². The van der Waals surface area contributed by atoms with E-state index < -0.39 is 0 Å². The van der Waals surface area contributed by atoms with E-state index in [1.807, 2.05) is 0 Å². The molecule has 3 fully saturated rings. The van der Waals surface area contributed by atoms with Gasteiger partial charge in [0.05, 0.1) is 0 Å². The molecule has 0 nitrogen and oxygen atoms in total. The second-order valence-electron chi connectivity index (χ2n) is 7.89. The SMILES string of the molecule is C=C1CCCCCC(=C)C2(CCCCCC13CC3)CC2. The van der Waals surface area contributed by atoms with Crippen LogP contribution < -0.4 is 0 Å². The standard InChI is InChI=1S/C20H32/c1-17-9-5-3-6-10-18(2)20(15-16-20)12-8-4-7-11-19(17)13-14-19/h1-16H2. The largest absolute Gasteiger partial charge is 0.0993 e. The summed E-state index contributed by atoms with van der Waals surface area (Å²) in [5.74, 6) is 0. The lowest BCUT2D eigenvalue weighted by Gasteiger charge is -2.22. The van der Waals surface area contributed by atoms with E-state index in [9.17, 15) is 0 Å². The molecule has 0 heterocycles. The smallest absolute Gasteiger partial charge is 0.00901 e. The average Bonchev–Trinajstić information content (AvgIpc) is 3.32. The quantitative estimate of drug-likeness (QED) is 0.437. The Labute approximate surface area is 125 Å². The monoisotopic (exact) mass is 272 g/mol. The van der Waals surface area contributed by atoms with Crippen LogP contribution in [0.2, 0.25) is 0 Å². The van der Waals surface area contributed by atoms with Gasteiger partial charge in [-0.1, -0.05) is 50.0 Å². The summed E-state index contributed by atoms with van der Waals surface area (Å²) >= 11 is 0. The average molecular weight is 272 g/mol. The van der Waals surface area contributed by atoms with E-state index in [1.54, 1.807) is 11.1 Å². The zero-order chi connectivity index (χ0) is 14.1. The Bertz CT molecular complexity index is 343. The summed E-state index contributed by atoms with van der Waals surface area (Å²) in [6, 6.07) is 0. The lowest BCUT2D eigenvalue weighted by molar-refractivity contribution is 0.435.